The van der Waals surface area contributed by atoms with Crippen LogP contribution >= 0.6 is 11.8 Å². The van der Waals surface area contributed by atoms with E-state index in [1.54, 1.807) is 0 Å². The number of amidine groups is 1. The molecule has 140 valence electrons. The second-order valence-electron chi connectivity index (χ2n) is 6.45. The molecule has 3 aromatic carbocycles. The van der Waals surface area contributed by atoms with Gasteiger partial charge in [-0.2, -0.15) is 0 Å². The topological polar surface area (TPSA) is 50.7 Å². The minimum Gasteiger partial charge on any atom is -0.493 e. The third kappa shape index (κ3) is 3.80. The summed E-state index contributed by atoms with van der Waals surface area (Å²) in [7, 11) is 0. The summed E-state index contributed by atoms with van der Waals surface area (Å²) < 4.78 is 5.81. The van der Waals surface area contributed by atoms with Crippen molar-refractivity contribution in [2.45, 2.75) is 13.8 Å². The minimum absolute atomic E-state index is 0.147. The van der Waals surface area contributed by atoms with Crippen LogP contribution in [0.3, 0.4) is 0 Å². The van der Waals surface area contributed by atoms with Crippen molar-refractivity contribution in [3.63, 3.8) is 0 Å². The Kier molecular flexibility index (Phi) is 5.17. The molecule has 0 unspecified atom stereocenters. The standard InChI is InChI=1S/C23H20N2O2S/c1-3-27-20-13-10-16-6-4-5-7-18(16)19(20)14-21-22(26)25-23(28-21)24-17-11-8-15(2)9-12-17/h4-14H,3H2,1-2H3,(H,24,25,26)/b21-14-. The summed E-state index contributed by atoms with van der Waals surface area (Å²) in [6, 6.07) is 20.0. The molecule has 1 heterocycles. The van der Waals surface area contributed by atoms with Crippen LogP contribution in [0.25, 0.3) is 16.8 Å². The molecular formula is C23H20N2O2S. The third-order valence-corrected chi connectivity index (χ3v) is 5.33. The maximum atomic E-state index is 12.5. The fraction of sp³-hybridized carbons (Fsp3) is 0.130. The molecule has 0 atom stereocenters. The zero-order valence-electron chi connectivity index (χ0n) is 15.7. The van der Waals surface area contributed by atoms with E-state index < -0.39 is 0 Å². The second kappa shape index (κ2) is 7.90. The Labute approximate surface area is 168 Å². The zero-order valence-corrected chi connectivity index (χ0v) is 16.5. The largest absolute Gasteiger partial charge is 0.493 e. The van der Waals surface area contributed by atoms with Crippen LogP contribution in [-0.4, -0.2) is 17.7 Å². The quantitative estimate of drug-likeness (QED) is 0.606. The number of nitrogens with zero attached hydrogens (tertiary/aromatic N) is 1. The average molecular weight is 388 g/mol. The van der Waals surface area contributed by atoms with Gasteiger partial charge in [0.25, 0.3) is 5.91 Å². The number of carbonyl (C=O) groups excluding carboxylic acids is 1. The monoisotopic (exact) mass is 388 g/mol. The maximum absolute atomic E-state index is 12.5. The Morgan fingerprint density at radius 2 is 1.86 bits per heavy atom. The first-order valence-corrected chi connectivity index (χ1v) is 9.96. The lowest BCUT2D eigenvalue weighted by atomic mass is 10.0. The summed E-state index contributed by atoms with van der Waals surface area (Å²) in [5, 5.41) is 5.59. The number of rotatable bonds is 4. The number of hydrogen-bond acceptors (Lipinski definition) is 4. The molecule has 1 amide bonds. The molecule has 4 nitrogen and oxygen atoms in total. The minimum atomic E-state index is -0.147. The first-order valence-electron chi connectivity index (χ1n) is 9.15. The van der Waals surface area contributed by atoms with Gasteiger partial charge >= 0.3 is 0 Å². The van der Waals surface area contributed by atoms with Crippen molar-refractivity contribution >= 4 is 45.4 Å². The fourth-order valence-corrected chi connectivity index (χ4v) is 3.88. The first-order chi connectivity index (χ1) is 13.6. The summed E-state index contributed by atoms with van der Waals surface area (Å²) in [6.45, 7) is 4.55. The normalized spacial score (nSPS) is 16.7. The molecule has 0 saturated carbocycles. The van der Waals surface area contributed by atoms with E-state index in [1.807, 2.05) is 74.5 Å². The second-order valence-corrected chi connectivity index (χ2v) is 7.48. The van der Waals surface area contributed by atoms with E-state index in [0.29, 0.717) is 16.7 Å². The molecule has 4 rings (SSSR count). The molecule has 0 spiro atoms. The van der Waals surface area contributed by atoms with Gasteiger partial charge in [0, 0.05) is 5.56 Å². The van der Waals surface area contributed by atoms with Crippen molar-refractivity contribution in [2.24, 2.45) is 4.99 Å². The van der Waals surface area contributed by atoms with Gasteiger partial charge < -0.3 is 10.1 Å². The Morgan fingerprint density at radius 3 is 2.64 bits per heavy atom. The van der Waals surface area contributed by atoms with E-state index in [1.165, 1.54) is 17.3 Å². The van der Waals surface area contributed by atoms with Gasteiger partial charge in [-0.05, 0) is 60.7 Å². The van der Waals surface area contributed by atoms with Crippen molar-refractivity contribution in [3.8, 4) is 5.75 Å². The number of fused-ring (bicyclic) bond motifs is 1. The number of hydrogen-bond donors (Lipinski definition) is 1. The Hall–Kier alpha value is -3.05. The number of carbonyl (C=O) groups is 1. The molecule has 0 radical (unpaired) electrons. The van der Waals surface area contributed by atoms with Crippen LogP contribution in [-0.2, 0) is 4.79 Å². The molecule has 1 aliphatic rings. The number of amides is 1. The first kappa shape index (κ1) is 18.3. The van der Waals surface area contributed by atoms with Crippen molar-refractivity contribution < 1.29 is 9.53 Å². The predicted molar refractivity (Wildman–Crippen MR) is 117 cm³/mol. The van der Waals surface area contributed by atoms with Crippen molar-refractivity contribution in [3.05, 3.63) is 76.7 Å². The molecule has 1 N–H and O–H groups in total. The SMILES string of the molecule is CCOc1ccc2ccccc2c1/C=C1\SC(=Nc2ccc(C)cc2)NC1=O. The Bertz CT molecular complexity index is 1100. The smallest absolute Gasteiger partial charge is 0.264 e. The Balaban J connectivity index is 1.72. The Morgan fingerprint density at radius 1 is 1.07 bits per heavy atom. The summed E-state index contributed by atoms with van der Waals surface area (Å²) >= 11 is 1.34. The number of aryl methyl sites for hydroxylation is 1. The van der Waals surface area contributed by atoms with Gasteiger partial charge in [-0.3, -0.25) is 4.79 Å². The van der Waals surface area contributed by atoms with Crippen molar-refractivity contribution in [2.75, 3.05) is 6.61 Å². The fourth-order valence-electron chi connectivity index (χ4n) is 3.05. The number of thioether (sulfide) groups is 1. The van der Waals surface area contributed by atoms with Crippen LogP contribution < -0.4 is 10.1 Å². The molecule has 28 heavy (non-hydrogen) atoms. The van der Waals surface area contributed by atoms with Crippen LogP contribution in [0.1, 0.15) is 18.1 Å². The number of aliphatic imine (C=N–C) groups is 1. The van der Waals surface area contributed by atoms with Gasteiger partial charge in [0.05, 0.1) is 17.2 Å². The van der Waals surface area contributed by atoms with Crippen LogP contribution in [0.2, 0.25) is 0 Å². The van der Waals surface area contributed by atoms with Crippen molar-refractivity contribution in [1.82, 2.24) is 5.32 Å². The molecule has 1 saturated heterocycles. The summed E-state index contributed by atoms with van der Waals surface area (Å²) in [5.74, 6) is 0.622. The van der Waals surface area contributed by atoms with Gasteiger partial charge in [-0.1, -0.05) is 48.0 Å². The molecule has 3 aromatic rings. The summed E-state index contributed by atoms with van der Waals surface area (Å²) in [5.41, 5.74) is 2.90. The number of benzene rings is 3. The van der Waals surface area contributed by atoms with Crippen molar-refractivity contribution in [1.29, 1.82) is 0 Å². The molecule has 0 aliphatic carbocycles. The van der Waals surface area contributed by atoms with Gasteiger partial charge in [0.15, 0.2) is 5.17 Å². The highest BCUT2D eigenvalue weighted by Gasteiger charge is 2.24. The van der Waals surface area contributed by atoms with E-state index >= 15 is 0 Å². The van der Waals surface area contributed by atoms with Crippen LogP contribution in [0.4, 0.5) is 5.69 Å². The summed E-state index contributed by atoms with van der Waals surface area (Å²) in [4.78, 5) is 17.7. The average Bonchev–Trinajstić information content (AvgIpc) is 3.04. The van der Waals surface area contributed by atoms with Crippen LogP contribution in [0, 0.1) is 6.92 Å². The highest BCUT2D eigenvalue weighted by Crippen LogP contribution is 2.34. The van der Waals surface area contributed by atoms with E-state index in [2.05, 4.69) is 16.4 Å². The highest BCUT2D eigenvalue weighted by molar-refractivity contribution is 8.18. The number of nitrogens with one attached hydrogen (secondary N) is 1. The molecular weight excluding hydrogens is 368 g/mol. The molecule has 1 fully saturated rings. The molecule has 5 heteroatoms. The van der Waals surface area contributed by atoms with Crippen LogP contribution in [0.15, 0.2) is 70.6 Å². The highest BCUT2D eigenvalue weighted by atomic mass is 32.2. The van der Waals surface area contributed by atoms with E-state index in [9.17, 15) is 4.79 Å². The lowest BCUT2D eigenvalue weighted by Gasteiger charge is -2.11. The third-order valence-electron chi connectivity index (χ3n) is 4.42. The van der Waals surface area contributed by atoms with E-state index in [0.717, 1.165) is 27.8 Å². The lowest BCUT2D eigenvalue weighted by Crippen LogP contribution is -2.19. The van der Waals surface area contributed by atoms with Gasteiger partial charge in [0.1, 0.15) is 5.75 Å². The number of ether oxygens (including phenoxy) is 1. The lowest BCUT2D eigenvalue weighted by molar-refractivity contribution is -0.115. The maximum Gasteiger partial charge on any atom is 0.264 e. The summed E-state index contributed by atoms with van der Waals surface area (Å²) in [6.07, 6.45) is 1.89. The van der Waals surface area contributed by atoms with Crippen LogP contribution in [0.5, 0.6) is 5.75 Å². The van der Waals surface area contributed by atoms with E-state index in [4.69, 9.17) is 4.74 Å². The molecule has 0 bridgehead atoms. The predicted octanol–water partition coefficient (Wildman–Crippen LogP) is 5.44. The molecule has 1 aliphatic heterocycles. The van der Waals surface area contributed by atoms with Gasteiger partial charge in [-0.25, -0.2) is 4.99 Å². The van der Waals surface area contributed by atoms with Gasteiger partial charge in [-0.15, -0.1) is 0 Å². The van der Waals surface area contributed by atoms with E-state index in [-0.39, 0.29) is 5.91 Å². The zero-order chi connectivity index (χ0) is 19.5. The molecule has 0 aromatic heterocycles. The van der Waals surface area contributed by atoms with Gasteiger partial charge in [0.2, 0.25) is 0 Å².